The van der Waals surface area contributed by atoms with Gasteiger partial charge in [0.15, 0.2) is 0 Å². The van der Waals surface area contributed by atoms with Gasteiger partial charge in [0.25, 0.3) is 11.8 Å². The van der Waals surface area contributed by atoms with E-state index in [0.29, 0.717) is 11.3 Å². The van der Waals surface area contributed by atoms with Gasteiger partial charge in [-0.3, -0.25) is 14.4 Å². The van der Waals surface area contributed by atoms with Crippen molar-refractivity contribution in [3.05, 3.63) is 131 Å². The summed E-state index contributed by atoms with van der Waals surface area (Å²) in [6, 6.07) is 29.8. The highest BCUT2D eigenvalue weighted by atomic mass is 32.2. The average Bonchev–Trinajstić information content (AvgIpc) is 3.44. The van der Waals surface area contributed by atoms with Gasteiger partial charge in [0.05, 0.1) is 5.75 Å². The van der Waals surface area contributed by atoms with E-state index in [4.69, 9.17) is 0 Å². The molecule has 1 heterocycles. The molecule has 0 spiro atoms. The van der Waals surface area contributed by atoms with Crippen molar-refractivity contribution in [1.29, 1.82) is 0 Å². The Morgan fingerprint density at radius 3 is 2.35 bits per heavy atom. The number of hydrogen-bond donors (Lipinski definition) is 4. The second-order valence-corrected chi connectivity index (χ2v) is 11.0. The summed E-state index contributed by atoms with van der Waals surface area (Å²) in [7, 11) is 0. The summed E-state index contributed by atoms with van der Waals surface area (Å²) in [5.41, 5.74) is 5.84. The molecule has 0 saturated carbocycles. The van der Waals surface area contributed by atoms with E-state index in [9.17, 15) is 14.4 Å². The zero-order chi connectivity index (χ0) is 30.2. The molecule has 5 aromatic rings. The van der Waals surface area contributed by atoms with Gasteiger partial charge in [-0.2, -0.15) is 0 Å². The average molecular weight is 589 g/mol. The van der Waals surface area contributed by atoms with E-state index in [0.717, 1.165) is 44.6 Å². The molecule has 0 radical (unpaired) electrons. The van der Waals surface area contributed by atoms with Crippen LogP contribution in [0.2, 0.25) is 0 Å². The zero-order valence-electron chi connectivity index (χ0n) is 23.9. The Morgan fingerprint density at radius 2 is 1.58 bits per heavy atom. The summed E-state index contributed by atoms with van der Waals surface area (Å²) in [6.07, 6.45) is 4.30. The van der Waals surface area contributed by atoms with Crippen LogP contribution in [0, 0.1) is 6.92 Å². The monoisotopic (exact) mass is 588 g/mol. The fourth-order valence-corrected chi connectivity index (χ4v) is 5.37. The first-order valence-electron chi connectivity index (χ1n) is 14.0. The third-order valence-corrected chi connectivity index (χ3v) is 7.95. The number of aromatic nitrogens is 1. The number of amides is 3. The number of fused-ring (bicyclic) bond motifs is 1. The van der Waals surface area contributed by atoms with Crippen LogP contribution in [-0.2, 0) is 16.0 Å². The molecule has 0 saturated heterocycles. The van der Waals surface area contributed by atoms with Gasteiger partial charge in [0.2, 0.25) is 5.91 Å². The van der Waals surface area contributed by atoms with Crippen LogP contribution in [0.3, 0.4) is 0 Å². The second-order valence-electron chi connectivity index (χ2n) is 9.95. The fraction of sp³-hybridized carbons (Fsp3) is 0.114. The maximum atomic E-state index is 13.4. The predicted octanol–water partition coefficient (Wildman–Crippen LogP) is 7.18. The lowest BCUT2D eigenvalue weighted by atomic mass is 10.1. The Bertz CT molecular complexity index is 1790. The third kappa shape index (κ3) is 7.42. The molecule has 1 aromatic heterocycles. The molecule has 8 heteroatoms. The number of rotatable bonds is 10. The molecule has 4 aromatic carbocycles. The molecular formula is C35H32N4O3S. The Hall–Kier alpha value is -5.08. The molecule has 43 heavy (non-hydrogen) atoms. The highest BCUT2D eigenvalue weighted by Crippen LogP contribution is 2.25. The molecule has 0 aliphatic rings. The topological polar surface area (TPSA) is 103 Å². The SMILES string of the molecule is CCc1cccc(C)c1NC(=O)CSc1ccc(NC(=O)/C(=C\c2c[nH]c3ccccc23)NC(=O)c2ccccc2)cc1. The van der Waals surface area contributed by atoms with Gasteiger partial charge >= 0.3 is 0 Å². The minimum absolute atomic E-state index is 0.0763. The number of anilines is 2. The Morgan fingerprint density at radius 1 is 0.837 bits per heavy atom. The number of para-hydroxylation sites is 2. The quantitative estimate of drug-likeness (QED) is 0.103. The Kier molecular flexibility index (Phi) is 9.39. The normalized spacial score (nSPS) is 11.3. The molecule has 4 N–H and O–H groups in total. The molecule has 0 atom stereocenters. The van der Waals surface area contributed by atoms with Crippen LogP contribution in [0.25, 0.3) is 17.0 Å². The van der Waals surface area contributed by atoms with Crippen LogP contribution in [0.1, 0.15) is 34.0 Å². The van der Waals surface area contributed by atoms with Crippen molar-refractivity contribution in [2.24, 2.45) is 0 Å². The molecule has 0 unspecified atom stereocenters. The van der Waals surface area contributed by atoms with Crippen molar-refractivity contribution in [2.75, 3.05) is 16.4 Å². The summed E-state index contributed by atoms with van der Waals surface area (Å²) in [5.74, 6) is -0.665. The molecule has 0 bridgehead atoms. The Labute approximate surface area is 254 Å². The van der Waals surface area contributed by atoms with E-state index in [1.165, 1.54) is 11.8 Å². The summed E-state index contributed by atoms with van der Waals surface area (Å²) in [5, 5.41) is 9.64. The molecule has 3 amide bonds. The first-order chi connectivity index (χ1) is 20.9. The van der Waals surface area contributed by atoms with E-state index < -0.39 is 5.91 Å². The molecule has 0 aliphatic heterocycles. The van der Waals surface area contributed by atoms with Crippen LogP contribution in [0.5, 0.6) is 0 Å². The molecule has 7 nitrogen and oxygen atoms in total. The number of benzene rings is 4. The van der Waals surface area contributed by atoms with Gasteiger partial charge in [-0.25, -0.2) is 0 Å². The van der Waals surface area contributed by atoms with Gasteiger partial charge in [0, 0.05) is 44.5 Å². The summed E-state index contributed by atoms with van der Waals surface area (Å²) < 4.78 is 0. The van der Waals surface area contributed by atoms with Crippen molar-refractivity contribution in [3.63, 3.8) is 0 Å². The number of aryl methyl sites for hydroxylation is 2. The molecule has 5 rings (SSSR count). The molecule has 0 fully saturated rings. The summed E-state index contributed by atoms with van der Waals surface area (Å²) >= 11 is 1.41. The van der Waals surface area contributed by atoms with Crippen molar-refractivity contribution in [3.8, 4) is 0 Å². The second kappa shape index (κ2) is 13.7. The number of nitrogens with one attached hydrogen (secondary N) is 4. The van der Waals surface area contributed by atoms with Crippen molar-refractivity contribution in [2.45, 2.75) is 25.2 Å². The predicted molar refractivity (Wildman–Crippen MR) is 175 cm³/mol. The largest absolute Gasteiger partial charge is 0.361 e. The minimum Gasteiger partial charge on any atom is -0.361 e. The van der Waals surface area contributed by atoms with E-state index in [1.54, 1.807) is 48.7 Å². The van der Waals surface area contributed by atoms with Crippen LogP contribution < -0.4 is 16.0 Å². The number of H-pyrrole nitrogens is 1. The standard InChI is InChI=1S/C35H32N4O3S/c1-3-24-13-9-10-23(2)33(24)39-32(40)22-43-28-18-16-27(17-19-28)37-35(42)31(38-34(41)25-11-5-4-6-12-25)20-26-21-36-30-15-8-7-14-29(26)30/h4-21,36H,3,22H2,1-2H3,(H,37,42)(H,38,41)(H,39,40)/b31-20+. The van der Waals surface area contributed by atoms with Crippen molar-refractivity contribution < 1.29 is 14.4 Å². The van der Waals surface area contributed by atoms with E-state index in [2.05, 4.69) is 27.9 Å². The number of thioether (sulfide) groups is 1. The number of aromatic amines is 1. The van der Waals surface area contributed by atoms with E-state index in [1.807, 2.05) is 67.6 Å². The van der Waals surface area contributed by atoms with Crippen LogP contribution in [-0.4, -0.2) is 28.5 Å². The van der Waals surface area contributed by atoms with Gasteiger partial charge in [-0.1, -0.05) is 61.5 Å². The van der Waals surface area contributed by atoms with E-state index in [-0.39, 0.29) is 23.3 Å². The maximum Gasteiger partial charge on any atom is 0.272 e. The van der Waals surface area contributed by atoms with Gasteiger partial charge < -0.3 is 20.9 Å². The van der Waals surface area contributed by atoms with Crippen LogP contribution in [0.4, 0.5) is 11.4 Å². The number of hydrogen-bond acceptors (Lipinski definition) is 4. The minimum atomic E-state index is -0.459. The number of carbonyl (C=O) groups excluding carboxylic acids is 3. The highest BCUT2D eigenvalue weighted by Gasteiger charge is 2.16. The third-order valence-electron chi connectivity index (χ3n) is 6.94. The fourth-order valence-electron chi connectivity index (χ4n) is 4.67. The first kappa shape index (κ1) is 29.4. The molecule has 0 aliphatic carbocycles. The molecule has 216 valence electrons. The number of carbonyl (C=O) groups is 3. The molecular weight excluding hydrogens is 556 g/mol. The van der Waals surface area contributed by atoms with Gasteiger partial charge in [0.1, 0.15) is 5.70 Å². The van der Waals surface area contributed by atoms with Crippen LogP contribution in [0.15, 0.2) is 114 Å². The highest BCUT2D eigenvalue weighted by molar-refractivity contribution is 8.00. The first-order valence-corrected chi connectivity index (χ1v) is 15.0. The van der Waals surface area contributed by atoms with E-state index >= 15 is 0 Å². The van der Waals surface area contributed by atoms with Gasteiger partial charge in [-0.05, 0) is 73.0 Å². The lowest BCUT2D eigenvalue weighted by Gasteiger charge is -2.13. The lowest BCUT2D eigenvalue weighted by Crippen LogP contribution is -2.30. The van der Waals surface area contributed by atoms with Crippen molar-refractivity contribution in [1.82, 2.24) is 10.3 Å². The zero-order valence-corrected chi connectivity index (χ0v) is 24.8. The Balaban J connectivity index is 1.27. The maximum absolute atomic E-state index is 13.4. The van der Waals surface area contributed by atoms with Gasteiger partial charge in [-0.15, -0.1) is 11.8 Å². The summed E-state index contributed by atoms with van der Waals surface area (Å²) in [4.78, 5) is 43.2. The lowest BCUT2D eigenvalue weighted by molar-refractivity contribution is -0.114. The smallest absolute Gasteiger partial charge is 0.272 e. The van der Waals surface area contributed by atoms with Crippen LogP contribution >= 0.6 is 11.8 Å². The summed E-state index contributed by atoms with van der Waals surface area (Å²) in [6.45, 7) is 4.06. The van der Waals surface area contributed by atoms with Crippen molar-refractivity contribution >= 4 is 57.8 Å².